The molecule has 0 N–H and O–H groups in total. The maximum absolute atomic E-state index is 12.4. The minimum Gasteiger partial charge on any atom is -0.406 e. The van der Waals surface area contributed by atoms with Gasteiger partial charge in [-0.1, -0.05) is 12.1 Å². The van der Waals surface area contributed by atoms with Crippen molar-refractivity contribution in [3.8, 4) is 6.07 Å². The highest BCUT2D eigenvalue weighted by Crippen LogP contribution is 2.64. The van der Waals surface area contributed by atoms with E-state index in [2.05, 4.69) is 11.1 Å². The fourth-order valence-electron chi connectivity index (χ4n) is 5.85. The molecule has 4 fully saturated rings. The number of nitriles is 1. The zero-order valence-electron chi connectivity index (χ0n) is 14.4. The van der Waals surface area contributed by atoms with Gasteiger partial charge in [0.05, 0.1) is 11.6 Å². The molecule has 4 aliphatic carbocycles. The van der Waals surface area contributed by atoms with Gasteiger partial charge >= 0.3 is 5.97 Å². The average molecular weight is 367 g/mol. The Morgan fingerprint density at radius 3 is 2.50 bits per heavy atom. The summed E-state index contributed by atoms with van der Waals surface area (Å²) in [6, 6.07) is 9.17. The van der Waals surface area contributed by atoms with Crippen molar-refractivity contribution in [3.63, 3.8) is 0 Å². The lowest BCUT2D eigenvalue weighted by atomic mass is 9.49. The molecule has 0 radical (unpaired) electrons. The third-order valence-corrected chi connectivity index (χ3v) is 6.85. The van der Waals surface area contributed by atoms with Crippen LogP contribution in [-0.4, -0.2) is 16.7 Å². The Balaban J connectivity index is 1.47. The summed E-state index contributed by atoms with van der Waals surface area (Å²) in [6.45, 7) is 0. The Labute approximate surface area is 157 Å². The van der Waals surface area contributed by atoms with E-state index in [0.29, 0.717) is 29.0 Å². The zero-order valence-corrected chi connectivity index (χ0v) is 15.1. The number of benzene rings is 1. The molecule has 4 saturated carbocycles. The second-order valence-corrected chi connectivity index (χ2v) is 9.26. The minimum atomic E-state index is -0.385. The summed E-state index contributed by atoms with van der Waals surface area (Å²) in [5.41, 5.74) is 1.59. The van der Waals surface area contributed by atoms with Crippen LogP contribution in [0.2, 0.25) is 0 Å². The molecule has 1 aliphatic heterocycles. The van der Waals surface area contributed by atoms with E-state index in [1.54, 1.807) is 18.2 Å². The summed E-state index contributed by atoms with van der Waals surface area (Å²) in [5, 5.41) is 8.89. The van der Waals surface area contributed by atoms with Crippen LogP contribution in [0.1, 0.15) is 49.7 Å². The SMILES string of the molecule is N#Cc1ccc(C=C2N=C(C34CC5CC(CC(Cl)(C5)C3)C4)OC2=O)cc1. The normalized spacial score (nSPS) is 39.0. The molecule has 1 aromatic rings. The number of esters is 1. The molecule has 0 aromatic heterocycles. The number of hydrogen-bond acceptors (Lipinski definition) is 4. The maximum Gasteiger partial charge on any atom is 0.363 e. The fraction of sp³-hybridized carbons (Fsp3) is 0.476. The van der Waals surface area contributed by atoms with Crippen molar-refractivity contribution in [2.24, 2.45) is 22.2 Å². The van der Waals surface area contributed by atoms with E-state index < -0.39 is 0 Å². The van der Waals surface area contributed by atoms with Crippen LogP contribution >= 0.6 is 11.6 Å². The highest BCUT2D eigenvalue weighted by molar-refractivity contribution is 6.24. The van der Waals surface area contributed by atoms with Crippen LogP contribution in [0.3, 0.4) is 0 Å². The highest BCUT2D eigenvalue weighted by Gasteiger charge is 2.60. The Kier molecular flexibility index (Phi) is 3.36. The summed E-state index contributed by atoms with van der Waals surface area (Å²) < 4.78 is 5.65. The first kappa shape index (κ1) is 16.1. The van der Waals surface area contributed by atoms with Crippen LogP contribution in [0.4, 0.5) is 0 Å². The summed E-state index contributed by atoms with van der Waals surface area (Å²) in [5.74, 6) is 1.45. The van der Waals surface area contributed by atoms with Crippen LogP contribution < -0.4 is 0 Å². The van der Waals surface area contributed by atoms with E-state index in [1.807, 2.05) is 12.1 Å². The van der Waals surface area contributed by atoms with Gasteiger partial charge in [-0.25, -0.2) is 9.79 Å². The molecule has 132 valence electrons. The van der Waals surface area contributed by atoms with E-state index >= 15 is 0 Å². The van der Waals surface area contributed by atoms with Crippen LogP contribution in [0.15, 0.2) is 35.0 Å². The molecule has 6 rings (SSSR count). The highest BCUT2D eigenvalue weighted by atomic mass is 35.5. The van der Waals surface area contributed by atoms with Gasteiger partial charge in [0, 0.05) is 10.3 Å². The van der Waals surface area contributed by atoms with Crippen molar-refractivity contribution < 1.29 is 9.53 Å². The second kappa shape index (κ2) is 5.44. The molecule has 26 heavy (non-hydrogen) atoms. The van der Waals surface area contributed by atoms with E-state index in [1.165, 1.54) is 6.42 Å². The van der Waals surface area contributed by atoms with Crippen LogP contribution in [0.25, 0.3) is 6.08 Å². The first-order valence-corrected chi connectivity index (χ1v) is 9.57. The molecule has 1 aromatic carbocycles. The number of cyclic esters (lactones) is 1. The molecule has 1 heterocycles. The average Bonchev–Trinajstić information content (AvgIpc) is 2.95. The summed E-state index contributed by atoms with van der Waals surface area (Å²) in [4.78, 5) is 16.9. The van der Waals surface area contributed by atoms with Gasteiger partial charge < -0.3 is 4.74 Å². The van der Waals surface area contributed by atoms with Gasteiger partial charge in [0.25, 0.3) is 0 Å². The molecule has 4 nitrogen and oxygen atoms in total. The molecule has 2 unspecified atom stereocenters. The van der Waals surface area contributed by atoms with Gasteiger partial charge in [0.1, 0.15) is 0 Å². The van der Waals surface area contributed by atoms with E-state index in [4.69, 9.17) is 21.6 Å². The smallest absolute Gasteiger partial charge is 0.363 e. The molecule has 0 amide bonds. The number of aliphatic imine (C=N–C) groups is 1. The first-order chi connectivity index (χ1) is 12.5. The van der Waals surface area contributed by atoms with E-state index in [-0.39, 0.29) is 16.3 Å². The van der Waals surface area contributed by atoms with E-state index in [0.717, 1.165) is 37.7 Å². The fourth-order valence-corrected chi connectivity index (χ4v) is 6.54. The Hall–Kier alpha value is -2.12. The van der Waals surface area contributed by atoms with Gasteiger partial charge in [-0.3, -0.25) is 0 Å². The number of carbonyl (C=O) groups is 1. The Morgan fingerprint density at radius 1 is 1.19 bits per heavy atom. The molecule has 5 aliphatic rings. The molecular weight excluding hydrogens is 348 g/mol. The molecule has 2 atom stereocenters. The largest absolute Gasteiger partial charge is 0.406 e. The lowest BCUT2D eigenvalue weighted by molar-refractivity contribution is -0.131. The summed E-state index contributed by atoms with van der Waals surface area (Å²) >= 11 is 6.89. The van der Waals surface area contributed by atoms with Crippen molar-refractivity contribution >= 4 is 29.5 Å². The summed E-state index contributed by atoms with van der Waals surface area (Å²) in [7, 11) is 0. The van der Waals surface area contributed by atoms with Gasteiger partial charge in [0.2, 0.25) is 5.90 Å². The molecule has 5 heteroatoms. The number of hydrogen-bond donors (Lipinski definition) is 0. The quantitative estimate of drug-likeness (QED) is 0.442. The van der Waals surface area contributed by atoms with Crippen LogP contribution in [0.5, 0.6) is 0 Å². The molecular formula is C21H19ClN2O2. The number of carbonyl (C=O) groups excluding carboxylic acids is 1. The van der Waals surface area contributed by atoms with Crippen molar-refractivity contribution in [2.45, 2.75) is 43.4 Å². The van der Waals surface area contributed by atoms with Crippen LogP contribution in [0, 0.1) is 28.6 Å². The monoisotopic (exact) mass is 366 g/mol. The van der Waals surface area contributed by atoms with Crippen molar-refractivity contribution in [1.29, 1.82) is 5.26 Å². The Bertz CT molecular complexity index is 880. The minimum absolute atomic E-state index is 0.140. The van der Waals surface area contributed by atoms with Gasteiger partial charge in [-0.2, -0.15) is 5.26 Å². The molecule has 0 spiro atoms. The standard InChI is InChI=1S/C21H19ClN2O2/c22-21-9-15-5-16(10-21)8-20(7-15,12-21)19-24-17(18(25)26-19)6-13-1-3-14(11-23)4-2-13/h1-4,6,15-16H,5,7-10,12H2. The third-order valence-electron chi connectivity index (χ3n) is 6.41. The lowest BCUT2D eigenvalue weighted by Crippen LogP contribution is -2.56. The van der Waals surface area contributed by atoms with Gasteiger partial charge in [-0.15, -0.1) is 11.6 Å². The number of alkyl halides is 1. The summed E-state index contributed by atoms with van der Waals surface area (Å²) in [6.07, 6.45) is 8.09. The number of rotatable bonds is 2. The number of nitrogens with zero attached hydrogens (tertiary/aromatic N) is 2. The topological polar surface area (TPSA) is 62.4 Å². The van der Waals surface area contributed by atoms with E-state index in [9.17, 15) is 4.79 Å². The predicted octanol–water partition coefficient (Wildman–Crippen LogP) is 4.43. The molecule has 0 saturated heterocycles. The van der Waals surface area contributed by atoms with Crippen molar-refractivity contribution in [1.82, 2.24) is 0 Å². The lowest BCUT2D eigenvalue weighted by Gasteiger charge is -2.59. The van der Waals surface area contributed by atoms with Gasteiger partial charge in [0.15, 0.2) is 5.70 Å². The number of ether oxygens (including phenoxy) is 1. The Morgan fingerprint density at radius 2 is 1.88 bits per heavy atom. The number of halogens is 1. The first-order valence-electron chi connectivity index (χ1n) is 9.19. The maximum atomic E-state index is 12.4. The van der Waals surface area contributed by atoms with Gasteiger partial charge in [-0.05, 0) is 74.1 Å². The van der Waals surface area contributed by atoms with Crippen molar-refractivity contribution in [2.75, 3.05) is 0 Å². The zero-order chi connectivity index (χ0) is 17.9. The van der Waals surface area contributed by atoms with Crippen LogP contribution in [-0.2, 0) is 9.53 Å². The van der Waals surface area contributed by atoms with Crippen molar-refractivity contribution in [3.05, 3.63) is 41.1 Å². The predicted molar refractivity (Wildman–Crippen MR) is 98.4 cm³/mol. The molecule has 4 bridgehead atoms. The second-order valence-electron chi connectivity index (χ2n) is 8.46. The third kappa shape index (κ3) is 2.49.